The third kappa shape index (κ3) is 2.55. The van der Waals surface area contributed by atoms with Crippen molar-refractivity contribution in [2.75, 3.05) is 7.11 Å². The highest BCUT2D eigenvalue weighted by Gasteiger charge is 2.07. The molecule has 0 aliphatic rings. The van der Waals surface area contributed by atoms with Crippen LogP contribution in [0, 0.1) is 0 Å². The molecule has 1 N–H and O–H groups in total. The van der Waals surface area contributed by atoms with E-state index in [0.29, 0.717) is 5.02 Å². The zero-order valence-electron chi connectivity index (χ0n) is 10.2. The molecule has 0 bridgehead atoms. The number of hydrogen-bond acceptors (Lipinski definition) is 3. The van der Waals surface area contributed by atoms with Crippen LogP contribution in [-0.4, -0.2) is 17.1 Å². The Hall–Kier alpha value is -1.65. The van der Waals surface area contributed by atoms with Crippen molar-refractivity contribution < 1.29 is 4.74 Å². The first-order valence-corrected chi connectivity index (χ1v) is 6.90. The molecule has 1 heterocycles. The normalized spacial score (nSPS) is 10.8. The van der Waals surface area contributed by atoms with E-state index in [-0.39, 0.29) is 0 Å². The molecule has 0 saturated carbocycles. The highest BCUT2D eigenvalue weighted by molar-refractivity contribution is 7.99. The predicted octanol–water partition coefficient (Wildman–Crippen LogP) is 4.38. The Labute approximate surface area is 120 Å². The molecule has 0 amide bonds. The Kier molecular flexibility index (Phi) is 3.36. The van der Waals surface area contributed by atoms with Gasteiger partial charge in [0.05, 0.1) is 29.5 Å². The Bertz CT molecular complexity index is 726. The third-order valence-corrected chi connectivity index (χ3v) is 4.21. The van der Waals surface area contributed by atoms with Crippen molar-refractivity contribution in [1.29, 1.82) is 0 Å². The summed E-state index contributed by atoms with van der Waals surface area (Å²) in [5.74, 6) is 0.835. The average Bonchev–Trinajstić information content (AvgIpc) is 2.86. The lowest BCUT2D eigenvalue weighted by atomic mass is 10.3. The van der Waals surface area contributed by atoms with Crippen molar-refractivity contribution in [2.24, 2.45) is 0 Å². The highest BCUT2D eigenvalue weighted by atomic mass is 35.5. The molecule has 2 aromatic carbocycles. The van der Waals surface area contributed by atoms with Gasteiger partial charge in [0, 0.05) is 9.79 Å². The summed E-state index contributed by atoms with van der Waals surface area (Å²) in [6.07, 6.45) is 1.67. The maximum Gasteiger partial charge on any atom is 0.119 e. The molecule has 1 aromatic heterocycles. The van der Waals surface area contributed by atoms with Gasteiger partial charge in [0.15, 0.2) is 0 Å². The van der Waals surface area contributed by atoms with E-state index >= 15 is 0 Å². The Morgan fingerprint density at radius 1 is 1.26 bits per heavy atom. The second kappa shape index (κ2) is 5.15. The van der Waals surface area contributed by atoms with Crippen molar-refractivity contribution in [3.8, 4) is 5.75 Å². The van der Waals surface area contributed by atoms with E-state index in [1.807, 2.05) is 36.4 Å². The van der Waals surface area contributed by atoms with Gasteiger partial charge < -0.3 is 9.72 Å². The van der Waals surface area contributed by atoms with Crippen LogP contribution in [0.5, 0.6) is 5.75 Å². The van der Waals surface area contributed by atoms with Crippen LogP contribution in [0.2, 0.25) is 5.02 Å². The molecule has 0 fully saturated rings. The van der Waals surface area contributed by atoms with E-state index in [2.05, 4.69) is 9.97 Å². The van der Waals surface area contributed by atoms with Crippen molar-refractivity contribution >= 4 is 34.4 Å². The van der Waals surface area contributed by atoms with E-state index in [1.54, 1.807) is 25.2 Å². The van der Waals surface area contributed by atoms with E-state index in [0.717, 1.165) is 26.6 Å². The number of imidazole rings is 1. The van der Waals surface area contributed by atoms with Gasteiger partial charge in [-0.05, 0) is 30.3 Å². The molecule has 0 radical (unpaired) electrons. The number of methoxy groups -OCH3 is 1. The minimum Gasteiger partial charge on any atom is -0.497 e. The van der Waals surface area contributed by atoms with Crippen LogP contribution in [0.1, 0.15) is 0 Å². The summed E-state index contributed by atoms with van der Waals surface area (Å²) in [4.78, 5) is 9.35. The number of benzene rings is 2. The molecular formula is C14H11ClN2OS. The number of H-pyrrole nitrogens is 1. The summed E-state index contributed by atoms with van der Waals surface area (Å²) in [6.45, 7) is 0. The smallest absolute Gasteiger partial charge is 0.119 e. The zero-order valence-corrected chi connectivity index (χ0v) is 11.8. The zero-order chi connectivity index (χ0) is 13.2. The van der Waals surface area contributed by atoms with Crippen molar-refractivity contribution in [1.82, 2.24) is 9.97 Å². The minimum atomic E-state index is 0.713. The molecule has 0 spiro atoms. The standard InChI is InChI=1S/C14H11ClN2OS/c1-18-9-3-2-4-10(5-9)19-14-7-13-12(6-11(14)15)16-8-17-13/h2-8H,1H3,(H,16,17). The van der Waals surface area contributed by atoms with Gasteiger partial charge in [-0.3, -0.25) is 0 Å². The van der Waals surface area contributed by atoms with Gasteiger partial charge in [-0.2, -0.15) is 0 Å². The molecule has 19 heavy (non-hydrogen) atoms. The predicted molar refractivity (Wildman–Crippen MR) is 78.2 cm³/mol. The van der Waals surface area contributed by atoms with Gasteiger partial charge in [0.2, 0.25) is 0 Å². The number of aromatic amines is 1. The quantitative estimate of drug-likeness (QED) is 0.778. The fraction of sp³-hybridized carbons (Fsp3) is 0.0714. The van der Waals surface area contributed by atoms with Gasteiger partial charge in [0.25, 0.3) is 0 Å². The van der Waals surface area contributed by atoms with Gasteiger partial charge in [-0.25, -0.2) is 4.98 Å². The Balaban J connectivity index is 1.97. The third-order valence-electron chi connectivity index (χ3n) is 2.74. The summed E-state index contributed by atoms with van der Waals surface area (Å²) in [7, 11) is 1.66. The fourth-order valence-corrected chi connectivity index (χ4v) is 2.99. The van der Waals surface area contributed by atoms with Crippen LogP contribution >= 0.6 is 23.4 Å². The Morgan fingerprint density at radius 2 is 2.16 bits per heavy atom. The van der Waals surface area contributed by atoms with Crippen molar-refractivity contribution in [3.05, 3.63) is 47.7 Å². The lowest BCUT2D eigenvalue weighted by Gasteiger charge is -2.06. The molecule has 0 aliphatic heterocycles. The van der Waals surface area contributed by atoms with Crippen molar-refractivity contribution in [3.63, 3.8) is 0 Å². The largest absolute Gasteiger partial charge is 0.497 e. The topological polar surface area (TPSA) is 37.9 Å². The summed E-state index contributed by atoms with van der Waals surface area (Å²) < 4.78 is 5.22. The maximum atomic E-state index is 6.28. The van der Waals surface area contributed by atoms with Gasteiger partial charge in [-0.15, -0.1) is 0 Å². The first-order chi connectivity index (χ1) is 9.26. The molecule has 5 heteroatoms. The summed E-state index contributed by atoms with van der Waals surface area (Å²) >= 11 is 7.88. The molecule has 0 unspecified atom stereocenters. The van der Waals surface area contributed by atoms with E-state index in [9.17, 15) is 0 Å². The molecule has 0 saturated heterocycles. The van der Waals surface area contributed by atoms with Crippen LogP contribution in [-0.2, 0) is 0 Å². The molecular weight excluding hydrogens is 280 g/mol. The fourth-order valence-electron chi connectivity index (χ4n) is 1.81. The minimum absolute atomic E-state index is 0.713. The average molecular weight is 291 g/mol. The van der Waals surface area contributed by atoms with E-state index in [4.69, 9.17) is 16.3 Å². The first kappa shape index (κ1) is 12.4. The van der Waals surface area contributed by atoms with Crippen LogP contribution in [0.3, 0.4) is 0 Å². The molecule has 3 aromatic rings. The lowest BCUT2D eigenvalue weighted by molar-refractivity contribution is 0.413. The number of ether oxygens (including phenoxy) is 1. The van der Waals surface area contributed by atoms with Crippen LogP contribution < -0.4 is 4.74 Å². The molecule has 0 atom stereocenters. The molecule has 96 valence electrons. The summed E-state index contributed by atoms with van der Waals surface area (Å²) in [6, 6.07) is 11.8. The summed E-state index contributed by atoms with van der Waals surface area (Å²) in [5, 5.41) is 0.713. The van der Waals surface area contributed by atoms with Crippen LogP contribution in [0.25, 0.3) is 11.0 Å². The lowest BCUT2D eigenvalue weighted by Crippen LogP contribution is -1.83. The highest BCUT2D eigenvalue weighted by Crippen LogP contribution is 2.36. The van der Waals surface area contributed by atoms with Crippen LogP contribution in [0.15, 0.2) is 52.5 Å². The monoisotopic (exact) mass is 290 g/mol. The number of aromatic nitrogens is 2. The van der Waals surface area contributed by atoms with Gasteiger partial charge in [-0.1, -0.05) is 29.4 Å². The number of hydrogen-bond donors (Lipinski definition) is 1. The van der Waals surface area contributed by atoms with E-state index in [1.165, 1.54) is 0 Å². The second-order valence-electron chi connectivity index (χ2n) is 3.98. The molecule has 3 nitrogen and oxygen atoms in total. The second-order valence-corrected chi connectivity index (χ2v) is 5.51. The SMILES string of the molecule is COc1cccc(Sc2cc3nc[nH]c3cc2Cl)c1. The summed E-state index contributed by atoms with van der Waals surface area (Å²) in [5.41, 5.74) is 1.86. The molecule has 3 rings (SSSR count). The number of nitrogens with zero attached hydrogens (tertiary/aromatic N) is 1. The van der Waals surface area contributed by atoms with Crippen LogP contribution in [0.4, 0.5) is 0 Å². The Morgan fingerprint density at radius 3 is 3.00 bits per heavy atom. The van der Waals surface area contributed by atoms with Gasteiger partial charge >= 0.3 is 0 Å². The number of fused-ring (bicyclic) bond motifs is 1. The number of nitrogens with one attached hydrogen (secondary N) is 1. The van der Waals surface area contributed by atoms with Gasteiger partial charge in [0.1, 0.15) is 5.75 Å². The van der Waals surface area contributed by atoms with Crippen molar-refractivity contribution in [2.45, 2.75) is 9.79 Å². The number of halogens is 1. The first-order valence-electron chi connectivity index (χ1n) is 5.71. The van der Waals surface area contributed by atoms with E-state index < -0.39 is 0 Å². The number of rotatable bonds is 3. The maximum absolute atomic E-state index is 6.28. The molecule has 0 aliphatic carbocycles.